The van der Waals surface area contributed by atoms with Gasteiger partial charge in [0, 0.05) is 0 Å². The molecule has 0 radical (unpaired) electrons. The summed E-state index contributed by atoms with van der Waals surface area (Å²) < 4.78 is 0. The van der Waals surface area contributed by atoms with Crippen LogP contribution in [0.25, 0.3) is 0 Å². The van der Waals surface area contributed by atoms with Crippen LogP contribution in [0.15, 0.2) is 4.99 Å². The molecule has 118 valence electrons. The zero-order valence-corrected chi connectivity index (χ0v) is 13.8. The maximum absolute atomic E-state index is 10.2. The van der Waals surface area contributed by atoms with Gasteiger partial charge in [-0.2, -0.15) is 0 Å². The molecular weight excluding hydrogens is 246 g/mol. The van der Waals surface area contributed by atoms with E-state index in [1.165, 1.54) is 77.0 Å². The van der Waals surface area contributed by atoms with E-state index < -0.39 is 0 Å². The molecular formula is C18H35NO. The van der Waals surface area contributed by atoms with E-state index in [0.29, 0.717) is 0 Å². The lowest BCUT2D eigenvalue weighted by Crippen LogP contribution is -2.01. The van der Waals surface area contributed by atoms with Crippen LogP contribution in [0.2, 0.25) is 0 Å². The second-order valence-electron chi connectivity index (χ2n) is 5.96. The zero-order chi connectivity index (χ0) is 14.9. The molecule has 0 aromatic heterocycles. The molecule has 0 aliphatic rings. The Morgan fingerprint density at radius 3 is 1.60 bits per heavy atom. The van der Waals surface area contributed by atoms with Crippen LogP contribution in [-0.4, -0.2) is 12.1 Å². The summed E-state index contributed by atoms with van der Waals surface area (Å²) >= 11 is 0. The Labute approximate surface area is 126 Å². The van der Waals surface area contributed by atoms with Crippen molar-refractivity contribution in [2.45, 2.75) is 110 Å². The summed E-state index contributed by atoms with van der Waals surface area (Å²) in [5.41, 5.74) is 0. The summed E-state index contributed by atoms with van der Waals surface area (Å²) in [6.07, 6.45) is 20.2. The Hall–Kier alpha value is -0.620. The van der Waals surface area contributed by atoms with Gasteiger partial charge >= 0.3 is 0 Å². The number of hydrogen-bond acceptors (Lipinski definition) is 2. The zero-order valence-electron chi connectivity index (χ0n) is 13.8. The van der Waals surface area contributed by atoms with Gasteiger partial charge in [-0.25, -0.2) is 9.79 Å². The van der Waals surface area contributed by atoms with Crippen molar-refractivity contribution in [2.75, 3.05) is 0 Å². The second kappa shape index (κ2) is 16.4. The minimum Gasteiger partial charge on any atom is -0.211 e. The number of carbonyl (C=O) groups excluding carboxylic acids is 1. The average molecular weight is 281 g/mol. The van der Waals surface area contributed by atoms with Crippen molar-refractivity contribution in [1.29, 1.82) is 0 Å². The Bertz CT molecular complexity index is 234. The van der Waals surface area contributed by atoms with Gasteiger partial charge in [-0.15, -0.1) is 0 Å². The lowest BCUT2D eigenvalue weighted by molar-refractivity contribution is 0.507. The van der Waals surface area contributed by atoms with Crippen LogP contribution in [0, 0.1) is 0 Å². The first kappa shape index (κ1) is 19.4. The molecule has 0 N–H and O–H groups in total. The van der Waals surface area contributed by atoms with E-state index in [1.54, 1.807) is 6.08 Å². The largest absolute Gasteiger partial charge is 0.235 e. The van der Waals surface area contributed by atoms with Gasteiger partial charge in [0.25, 0.3) is 0 Å². The summed E-state index contributed by atoms with van der Waals surface area (Å²) in [7, 11) is 0. The van der Waals surface area contributed by atoms with Crippen molar-refractivity contribution in [3.63, 3.8) is 0 Å². The number of isocyanates is 1. The van der Waals surface area contributed by atoms with Crippen molar-refractivity contribution in [3.05, 3.63) is 0 Å². The van der Waals surface area contributed by atoms with Crippen molar-refractivity contribution in [3.8, 4) is 0 Å². The van der Waals surface area contributed by atoms with Gasteiger partial charge in [0.1, 0.15) is 0 Å². The third kappa shape index (κ3) is 13.8. The maximum atomic E-state index is 10.2. The van der Waals surface area contributed by atoms with Gasteiger partial charge in [-0.3, -0.25) is 0 Å². The standard InChI is InChI=1S/C18H35NO/c1-3-5-6-7-8-9-10-11-12-13-14-15-16-18(4-2)19-17-20/h18H,3-16H2,1-2H3. The topological polar surface area (TPSA) is 29.4 Å². The number of nitrogens with zero attached hydrogens (tertiary/aromatic N) is 1. The van der Waals surface area contributed by atoms with Crippen LogP contribution in [0.3, 0.4) is 0 Å². The highest BCUT2D eigenvalue weighted by molar-refractivity contribution is 5.33. The van der Waals surface area contributed by atoms with Crippen molar-refractivity contribution in [2.24, 2.45) is 4.99 Å². The third-order valence-corrected chi connectivity index (χ3v) is 4.10. The van der Waals surface area contributed by atoms with Gasteiger partial charge in [0.2, 0.25) is 6.08 Å². The van der Waals surface area contributed by atoms with Crippen LogP contribution >= 0.6 is 0 Å². The smallest absolute Gasteiger partial charge is 0.211 e. The third-order valence-electron chi connectivity index (χ3n) is 4.10. The molecule has 0 saturated heterocycles. The Morgan fingerprint density at radius 2 is 1.20 bits per heavy atom. The molecule has 0 spiro atoms. The fraction of sp³-hybridized carbons (Fsp3) is 0.944. The second-order valence-corrected chi connectivity index (χ2v) is 5.96. The summed E-state index contributed by atoms with van der Waals surface area (Å²) in [5, 5.41) is 0. The maximum Gasteiger partial charge on any atom is 0.235 e. The monoisotopic (exact) mass is 281 g/mol. The molecule has 20 heavy (non-hydrogen) atoms. The molecule has 2 heteroatoms. The molecule has 0 amide bonds. The normalized spacial score (nSPS) is 12.1. The summed E-state index contributed by atoms with van der Waals surface area (Å²) in [5.74, 6) is 0. The highest BCUT2D eigenvalue weighted by atomic mass is 16.1. The number of aliphatic imine (C=N–C) groups is 1. The van der Waals surface area contributed by atoms with E-state index in [9.17, 15) is 4.79 Å². The minimum absolute atomic E-state index is 0.218. The fourth-order valence-corrected chi connectivity index (χ4v) is 2.66. The SMILES string of the molecule is CCCCCCCCCCCCCCC(CC)N=C=O. The average Bonchev–Trinajstić information content (AvgIpc) is 2.47. The van der Waals surface area contributed by atoms with E-state index >= 15 is 0 Å². The molecule has 0 rings (SSSR count). The molecule has 0 aliphatic carbocycles. The Morgan fingerprint density at radius 1 is 0.750 bits per heavy atom. The van der Waals surface area contributed by atoms with Crippen LogP contribution in [-0.2, 0) is 4.79 Å². The molecule has 0 heterocycles. The summed E-state index contributed by atoms with van der Waals surface area (Å²) in [6, 6.07) is 0.218. The predicted octanol–water partition coefficient (Wildman–Crippen LogP) is 6.19. The van der Waals surface area contributed by atoms with E-state index in [4.69, 9.17) is 0 Å². The van der Waals surface area contributed by atoms with E-state index in [0.717, 1.165) is 12.8 Å². The van der Waals surface area contributed by atoms with Crippen LogP contribution in [0.5, 0.6) is 0 Å². The van der Waals surface area contributed by atoms with Crippen molar-refractivity contribution >= 4 is 6.08 Å². The molecule has 0 aliphatic heterocycles. The van der Waals surface area contributed by atoms with Crippen LogP contribution < -0.4 is 0 Å². The van der Waals surface area contributed by atoms with Crippen LogP contribution in [0.4, 0.5) is 0 Å². The highest BCUT2D eigenvalue weighted by Crippen LogP contribution is 2.14. The number of hydrogen-bond donors (Lipinski definition) is 0. The van der Waals surface area contributed by atoms with E-state index in [-0.39, 0.29) is 6.04 Å². The quantitative estimate of drug-likeness (QED) is 0.200. The first-order valence-corrected chi connectivity index (χ1v) is 8.92. The fourth-order valence-electron chi connectivity index (χ4n) is 2.66. The molecule has 0 bridgehead atoms. The summed E-state index contributed by atoms with van der Waals surface area (Å²) in [6.45, 7) is 4.36. The lowest BCUT2D eigenvalue weighted by atomic mass is 10.0. The first-order valence-electron chi connectivity index (χ1n) is 8.92. The summed E-state index contributed by atoms with van der Waals surface area (Å²) in [4.78, 5) is 14.0. The molecule has 0 aromatic rings. The minimum atomic E-state index is 0.218. The molecule has 1 unspecified atom stereocenters. The van der Waals surface area contributed by atoms with Gasteiger partial charge in [0.15, 0.2) is 0 Å². The lowest BCUT2D eigenvalue weighted by Gasteiger charge is -2.07. The number of rotatable bonds is 15. The molecule has 1 atom stereocenters. The van der Waals surface area contributed by atoms with Crippen molar-refractivity contribution < 1.29 is 4.79 Å². The van der Waals surface area contributed by atoms with Gasteiger partial charge in [0.05, 0.1) is 6.04 Å². The highest BCUT2D eigenvalue weighted by Gasteiger charge is 2.02. The molecule has 2 nitrogen and oxygen atoms in total. The van der Waals surface area contributed by atoms with Gasteiger partial charge in [-0.05, 0) is 12.8 Å². The van der Waals surface area contributed by atoms with Crippen LogP contribution in [0.1, 0.15) is 104 Å². The van der Waals surface area contributed by atoms with E-state index in [2.05, 4.69) is 18.8 Å². The van der Waals surface area contributed by atoms with E-state index in [1.807, 2.05) is 0 Å². The molecule has 0 saturated carbocycles. The molecule has 0 aromatic carbocycles. The first-order chi connectivity index (χ1) is 9.85. The Balaban J connectivity index is 3.14. The molecule has 0 fully saturated rings. The van der Waals surface area contributed by atoms with Gasteiger partial charge in [-0.1, -0.05) is 90.9 Å². The Kier molecular flexibility index (Phi) is 15.9. The number of unbranched alkanes of at least 4 members (excludes halogenated alkanes) is 11. The van der Waals surface area contributed by atoms with Crippen molar-refractivity contribution in [1.82, 2.24) is 0 Å². The predicted molar refractivity (Wildman–Crippen MR) is 87.9 cm³/mol. The van der Waals surface area contributed by atoms with Gasteiger partial charge < -0.3 is 0 Å².